The minimum atomic E-state index is -0.417. The highest BCUT2D eigenvalue weighted by atomic mass is 19.1. The van der Waals surface area contributed by atoms with Gasteiger partial charge in [0.1, 0.15) is 11.6 Å². The maximum absolute atomic E-state index is 13.9. The maximum atomic E-state index is 13.9. The molecule has 4 nitrogen and oxygen atoms in total. The zero-order valence-corrected chi connectivity index (χ0v) is 18.9. The molecule has 1 amide bonds. The molecular formula is C28H27F2N3O. The highest BCUT2D eigenvalue weighted by Crippen LogP contribution is 2.26. The Hall–Kier alpha value is -3.51. The molecule has 0 saturated carbocycles. The van der Waals surface area contributed by atoms with Gasteiger partial charge in [0.05, 0.1) is 5.69 Å². The molecule has 0 aliphatic carbocycles. The van der Waals surface area contributed by atoms with E-state index in [4.69, 9.17) is 0 Å². The summed E-state index contributed by atoms with van der Waals surface area (Å²) in [6, 6.07) is 23.4. The fourth-order valence-corrected chi connectivity index (χ4v) is 4.78. The number of fused-ring (bicyclic) bond motifs is 1. The molecule has 174 valence electrons. The Balaban J connectivity index is 1.27. The number of halogens is 2. The number of hydrogen-bond donors (Lipinski definition) is 1. The zero-order chi connectivity index (χ0) is 23.5. The van der Waals surface area contributed by atoms with Crippen LogP contribution in [-0.4, -0.2) is 28.5 Å². The van der Waals surface area contributed by atoms with Crippen molar-refractivity contribution in [3.05, 3.63) is 102 Å². The maximum Gasteiger partial charge on any atom is 0.227 e. The van der Waals surface area contributed by atoms with Gasteiger partial charge in [0, 0.05) is 30.2 Å². The first kappa shape index (κ1) is 22.3. The Kier molecular flexibility index (Phi) is 6.41. The van der Waals surface area contributed by atoms with E-state index < -0.39 is 5.82 Å². The number of carbonyl (C=O) groups is 1. The first-order valence-electron chi connectivity index (χ1n) is 11.7. The Morgan fingerprint density at radius 1 is 0.882 bits per heavy atom. The van der Waals surface area contributed by atoms with Crippen LogP contribution in [0.2, 0.25) is 0 Å². The van der Waals surface area contributed by atoms with Gasteiger partial charge in [-0.15, -0.1) is 0 Å². The summed E-state index contributed by atoms with van der Waals surface area (Å²) in [5.74, 6) is -0.898. The SMILES string of the molecule is O=C(Nc1ccccc1F)C1CCN(Cc2cc3ccccc3n2Cc2cccc(F)c2)CC1. The molecule has 0 unspecified atom stereocenters. The number of nitrogens with zero attached hydrogens (tertiary/aromatic N) is 2. The van der Waals surface area contributed by atoms with Crippen LogP contribution in [0.4, 0.5) is 14.5 Å². The average Bonchev–Trinajstić information content (AvgIpc) is 3.18. The molecule has 2 heterocycles. The molecule has 1 N–H and O–H groups in total. The number of rotatable bonds is 6. The highest BCUT2D eigenvalue weighted by molar-refractivity contribution is 5.92. The average molecular weight is 460 g/mol. The van der Waals surface area contributed by atoms with Gasteiger partial charge in [0.2, 0.25) is 5.91 Å². The molecule has 0 spiro atoms. The summed E-state index contributed by atoms with van der Waals surface area (Å²) >= 11 is 0. The lowest BCUT2D eigenvalue weighted by atomic mass is 9.95. The van der Waals surface area contributed by atoms with Crippen molar-refractivity contribution in [2.75, 3.05) is 18.4 Å². The first-order valence-corrected chi connectivity index (χ1v) is 11.7. The molecule has 0 bridgehead atoms. The molecule has 1 fully saturated rings. The molecule has 0 radical (unpaired) electrons. The predicted octanol–water partition coefficient (Wildman–Crippen LogP) is 5.82. The molecule has 6 heteroatoms. The van der Waals surface area contributed by atoms with Crippen LogP contribution < -0.4 is 5.32 Å². The topological polar surface area (TPSA) is 37.3 Å². The number of benzene rings is 3. The monoisotopic (exact) mass is 459 g/mol. The van der Waals surface area contributed by atoms with Crippen LogP contribution >= 0.6 is 0 Å². The van der Waals surface area contributed by atoms with Crippen LogP contribution in [0.5, 0.6) is 0 Å². The summed E-state index contributed by atoms with van der Waals surface area (Å²) in [5, 5.41) is 3.90. The van der Waals surface area contributed by atoms with Gasteiger partial charge >= 0.3 is 0 Å². The lowest BCUT2D eigenvalue weighted by molar-refractivity contribution is -0.121. The summed E-state index contributed by atoms with van der Waals surface area (Å²) in [6.45, 7) is 2.93. The Morgan fingerprint density at radius 3 is 2.44 bits per heavy atom. The van der Waals surface area contributed by atoms with Gasteiger partial charge in [-0.2, -0.15) is 0 Å². The van der Waals surface area contributed by atoms with Gasteiger partial charge in [0.15, 0.2) is 0 Å². The van der Waals surface area contributed by atoms with E-state index in [9.17, 15) is 13.6 Å². The molecule has 1 aliphatic heterocycles. The minimum Gasteiger partial charge on any atom is -0.339 e. The number of likely N-dealkylation sites (tertiary alicyclic amines) is 1. The molecule has 3 aromatic carbocycles. The second-order valence-corrected chi connectivity index (χ2v) is 8.93. The van der Waals surface area contributed by atoms with E-state index in [2.05, 4.69) is 33.0 Å². The number of nitrogens with one attached hydrogen (secondary N) is 1. The number of carbonyl (C=O) groups excluding carboxylic acids is 1. The Morgan fingerprint density at radius 2 is 1.65 bits per heavy atom. The predicted molar refractivity (Wildman–Crippen MR) is 130 cm³/mol. The molecule has 1 saturated heterocycles. The van der Waals surface area contributed by atoms with Gasteiger partial charge in [0.25, 0.3) is 0 Å². The van der Waals surface area contributed by atoms with Crippen molar-refractivity contribution in [1.29, 1.82) is 0 Å². The van der Waals surface area contributed by atoms with E-state index in [1.807, 2.05) is 18.2 Å². The van der Waals surface area contributed by atoms with Gasteiger partial charge in [-0.1, -0.05) is 42.5 Å². The molecule has 1 aliphatic rings. The lowest BCUT2D eigenvalue weighted by Crippen LogP contribution is -2.38. The van der Waals surface area contributed by atoms with Crippen molar-refractivity contribution in [2.24, 2.45) is 5.92 Å². The van der Waals surface area contributed by atoms with E-state index in [0.717, 1.165) is 48.9 Å². The van der Waals surface area contributed by atoms with E-state index in [1.54, 1.807) is 30.3 Å². The summed E-state index contributed by atoms with van der Waals surface area (Å²) in [6.07, 6.45) is 1.45. The van der Waals surface area contributed by atoms with Crippen LogP contribution in [0.3, 0.4) is 0 Å². The van der Waals surface area contributed by atoms with Crippen molar-refractivity contribution in [1.82, 2.24) is 9.47 Å². The first-order chi connectivity index (χ1) is 16.6. The van der Waals surface area contributed by atoms with Crippen molar-refractivity contribution in [2.45, 2.75) is 25.9 Å². The number of amides is 1. The standard InChI is InChI=1S/C28H27F2N3O/c29-23-8-5-6-20(16-23)18-33-24(17-22-7-1-4-11-27(22)33)19-32-14-12-21(13-15-32)28(34)31-26-10-3-2-9-25(26)30/h1-11,16-17,21H,12-15,18-19H2,(H,31,34). The van der Waals surface area contributed by atoms with Crippen LogP contribution in [-0.2, 0) is 17.9 Å². The Labute approximate surface area is 197 Å². The van der Waals surface area contributed by atoms with Crippen molar-refractivity contribution >= 4 is 22.5 Å². The number of piperidine rings is 1. The molecule has 4 aromatic rings. The summed E-state index contributed by atoms with van der Waals surface area (Å²) in [4.78, 5) is 15.0. The van der Waals surface area contributed by atoms with Crippen LogP contribution in [0.25, 0.3) is 10.9 Å². The van der Waals surface area contributed by atoms with E-state index in [0.29, 0.717) is 6.54 Å². The summed E-state index contributed by atoms with van der Waals surface area (Å²) in [7, 11) is 0. The third-order valence-corrected chi connectivity index (χ3v) is 6.60. The normalized spacial score (nSPS) is 15.0. The molecular weight excluding hydrogens is 432 g/mol. The zero-order valence-electron chi connectivity index (χ0n) is 18.9. The number of anilines is 1. The van der Waals surface area contributed by atoms with Crippen molar-refractivity contribution in [3.8, 4) is 0 Å². The summed E-state index contributed by atoms with van der Waals surface area (Å²) in [5.41, 5.74) is 3.45. The molecule has 0 atom stereocenters. The number of hydrogen-bond acceptors (Lipinski definition) is 2. The highest BCUT2D eigenvalue weighted by Gasteiger charge is 2.26. The van der Waals surface area contributed by atoms with Crippen LogP contribution in [0.15, 0.2) is 78.9 Å². The van der Waals surface area contributed by atoms with Crippen LogP contribution in [0.1, 0.15) is 24.1 Å². The minimum absolute atomic E-state index is 0.120. The summed E-state index contributed by atoms with van der Waals surface area (Å²) < 4.78 is 29.9. The number of aromatic nitrogens is 1. The molecule has 5 rings (SSSR count). The van der Waals surface area contributed by atoms with Gasteiger partial charge in [-0.3, -0.25) is 9.69 Å². The smallest absolute Gasteiger partial charge is 0.227 e. The molecule has 34 heavy (non-hydrogen) atoms. The van der Waals surface area contributed by atoms with E-state index in [1.165, 1.54) is 17.8 Å². The fourth-order valence-electron chi connectivity index (χ4n) is 4.78. The van der Waals surface area contributed by atoms with E-state index >= 15 is 0 Å². The lowest BCUT2D eigenvalue weighted by Gasteiger charge is -2.31. The second-order valence-electron chi connectivity index (χ2n) is 8.93. The van der Waals surface area contributed by atoms with Gasteiger partial charge < -0.3 is 9.88 Å². The Bertz CT molecular complexity index is 1310. The number of para-hydroxylation sites is 2. The van der Waals surface area contributed by atoms with Crippen molar-refractivity contribution in [3.63, 3.8) is 0 Å². The van der Waals surface area contributed by atoms with Gasteiger partial charge in [-0.05, 0) is 73.3 Å². The third kappa shape index (κ3) is 4.87. The fraction of sp³-hybridized carbons (Fsp3) is 0.250. The second kappa shape index (κ2) is 9.77. The largest absolute Gasteiger partial charge is 0.339 e. The third-order valence-electron chi connectivity index (χ3n) is 6.60. The quantitative estimate of drug-likeness (QED) is 0.395. The van der Waals surface area contributed by atoms with E-state index in [-0.39, 0.29) is 23.3 Å². The van der Waals surface area contributed by atoms with Gasteiger partial charge in [-0.25, -0.2) is 8.78 Å². The van der Waals surface area contributed by atoms with Crippen molar-refractivity contribution < 1.29 is 13.6 Å². The van der Waals surface area contributed by atoms with Crippen LogP contribution in [0, 0.1) is 17.6 Å². The molecule has 1 aromatic heterocycles.